The fourth-order valence-electron chi connectivity index (χ4n) is 4.64. The van der Waals surface area contributed by atoms with Gasteiger partial charge in [-0.2, -0.15) is 21.0 Å². The van der Waals surface area contributed by atoms with Crippen LogP contribution in [0.25, 0.3) is 44.1 Å². The summed E-state index contributed by atoms with van der Waals surface area (Å²) in [6.45, 7) is 2.84. The number of rotatable bonds is 3. The molecule has 1 heterocycles. The molecule has 0 aliphatic carbocycles. The normalized spacial score (nSPS) is 10.4. The smallest absolute Gasteiger partial charge is 0.0992 e. The van der Waals surface area contributed by atoms with Gasteiger partial charge in [0.05, 0.1) is 46.5 Å². The number of hydrogen-bond acceptors (Lipinski definition) is 4. The monoisotopic (exact) mass is 447 g/mol. The van der Waals surface area contributed by atoms with Gasteiger partial charge in [0.15, 0.2) is 0 Å². The van der Waals surface area contributed by atoms with Gasteiger partial charge < -0.3 is 4.57 Å². The van der Waals surface area contributed by atoms with Crippen molar-refractivity contribution in [2.45, 2.75) is 13.5 Å². The maximum atomic E-state index is 9.36. The van der Waals surface area contributed by atoms with Crippen LogP contribution in [0, 0.1) is 45.3 Å². The van der Waals surface area contributed by atoms with Crippen molar-refractivity contribution in [2.24, 2.45) is 0 Å². The second kappa shape index (κ2) is 8.53. The maximum absolute atomic E-state index is 9.36. The number of aromatic nitrogens is 1. The minimum absolute atomic E-state index is 0.455. The molecular weight excluding hydrogens is 430 g/mol. The third kappa shape index (κ3) is 3.65. The van der Waals surface area contributed by atoms with Crippen LogP contribution < -0.4 is 0 Å². The van der Waals surface area contributed by atoms with Gasteiger partial charge in [-0.25, -0.2) is 0 Å². The van der Waals surface area contributed by atoms with Crippen molar-refractivity contribution >= 4 is 21.8 Å². The quantitative estimate of drug-likeness (QED) is 0.309. The molecule has 0 amide bonds. The number of fused-ring (bicyclic) bond motifs is 3. The minimum Gasteiger partial charge on any atom is -0.341 e. The van der Waals surface area contributed by atoms with Crippen LogP contribution >= 0.6 is 0 Å². The average molecular weight is 448 g/mol. The molecule has 0 fully saturated rings. The largest absolute Gasteiger partial charge is 0.341 e. The van der Waals surface area contributed by atoms with Crippen LogP contribution in [0.3, 0.4) is 0 Å². The van der Waals surface area contributed by atoms with E-state index in [4.69, 9.17) is 0 Å². The van der Waals surface area contributed by atoms with Crippen LogP contribution in [0.4, 0.5) is 0 Å². The molecule has 0 radical (unpaired) electrons. The van der Waals surface area contributed by atoms with E-state index in [1.807, 2.05) is 12.1 Å². The second-order valence-corrected chi connectivity index (χ2v) is 8.25. The lowest BCUT2D eigenvalue weighted by Gasteiger charge is -2.08. The standard InChI is InChI=1S/C30H17N5/c1-2-35-29-13-23(25-9-19(15-31)7-20(10-25)16-32)3-5-27(29)28-6-4-24(14-30(28)35)26-11-21(17-33)8-22(12-26)18-34/h3-14H,2H2,1H3. The summed E-state index contributed by atoms with van der Waals surface area (Å²) in [6, 6.07) is 31.3. The number of benzene rings is 4. The summed E-state index contributed by atoms with van der Waals surface area (Å²) < 4.78 is 2.23. The maximum Gasteiger partial charge on any atom is 0.0992 e. The second-order valence-electron chi connectivity index (χ2n) is 8.25. The highest BCUT2D eigenvalue weighted by molar-refractivity contribution is 6.10. The van der Waals surface area contributed by atoms with Gasteiger partial charge in [0, 0.05) is 28.4 Å². The Morgan fingerprint density at radius 1 is 0.514 bits per heavy atom. The van der Waals surface area contributed by atoms with Crippen LogP contribution in [0.15, 0.2) is 72.8 Å². The molecule has 35 heavy (non-hydrogen) atoms. The highest BCUT2D eigenvalue weighted by Gasteiger charge is 2.14. The molecule has 0 bridgehead atoms. The molecule has 0 spiro atoms. The number of nitrogens with zero attached hydrogens (tertiary/aromatic N) is 5. The summed E-state index contributed by atoms with van der Waals surface area (Å²) in [5.41, 5.74) is 7.46. The molecule has 5 rings (SSSR count). The van der Waals surface area contributed by atoms with Gasteiger partial charge in [0.25, 0.3) is 0 Å². The van der Waals surface area contributed by atoms with Crippen molar-refractivity contribution in [1.29, 1.82) is 21.0 Å². The van der Waals surface area contributed by atoms with Crippen LogP contribution in [0.2, 0.25) is 0 Å². The Balaban J connectivity index is 1.72. The molecule has 0 saturated carbocycles. The summed E-state index contributed by atoms with van der Waals surface area (Å²) in [6.07, 6.45) is 0. The Labute approximate surface area is 202 Å². The molecule has 0 saturated heterocycles. The Hall–Kier alpha value is -5.36. The first-order valence-corrected chi connectivity index (χ1v) is 11.1. The highest BCUT2D eigenvalue weighted by atomic mass is 15.0. The summed E-state index contributed by atoms with van der Waals surface area (Å²) in [7, 11) is 0. The van der Waals surface area contributed by atoms with Crippen LogP contribution in [0.5, 0.6) is 0 Å². The lowest BCUT2D eigenvalue weighted by Crippen LogP contribution is -1.94. The third-order valence-corrected chi connectivity index (χ3v) is 6.23. The Bertz CT molecular complexity index is 1630. The molecule has 0 aliphatic heterocycles. The van der Waals surface area contributed by atoms with E-state index >= 15 is 0 Å². The molecular formula is C30H17N5. The fourth-order valence-corrected chi connectivity index (χ4v) is 4.64. The first kappa shape index (κ1) is 21.5. The third-order valence-electron chi connectivity index (χ3n) is 6.23. The van der Waals surface area contributed by atoms with E-state index in [0.29, 0.717) is 22.3 Å². The zero-order valence-electron chi connectivity index (χ0n) is 18.9. The molecule has 5 nitrogen and oxygen atoms in total. The Morgan fingerprint density at radius 3 is 1.20 bits per heavy atom. The van der Waals surface area contributed by atoms with Gasteiger partial charge >= 0.3 is 0 Å². The number of nitriles is 4. The van der Waals surface area contributed by atoms with Gasteiger partial charge in [-0.3, -0.25) is 0 Å². The molecule has 5 aromatic rings. The summed E-state index contributed by atoms with van der Waals surface area (Å²) in [5, 5.41) is 39.7. The van der Waals surface area contributed by atoms with Crippen molar-refractivity contribution in [3.63, 3.8) is 0 Å². The minimum atomic E-state index is 0.455. The highest BCUT2D eigenvalue weighted by Crippen LogP contribution is 2.35. The fraction of sp³-hybridized carbons (Fsp3) is 0.0667. The van der Waals surface area contributed by atoms with Gasteiger partial charge in [-0.05, 0) is 77.7 Å². The summed E-state index contributed by atoms with van der Waals surface area (Å²) >= 11 is 0. The molecule has 4 aromatic carbocycles. The zero-order chi connectivity index (χ0) is 24.5. The van der Waals surface area contributed by atoms with Crippen molar-refractivity contribution in [3.05, 3.63) is 95.1 Å². The molecule has 0 aliphatic rings. The summed E-state index contributed by atoms with van der Waals surface area (Å²) in [5.74, 6) is 0. The molecule has 162 valence electrons. The molecule has 1 aromatic heterocycles. The molecule has 5 heteroatoms. The zero-order valence-corrected chi connectivity index (χ0v) is 18.9. The number of hydrogen-bond donors (Lipinski definition) is 0. The van der Waals surface area contributed by atoms with E-state index < -0.39 is 0 Å². The van der Waals surface area contributed by atoms with Crippen molar-refractivity contribution in [1.82, 2.24) is 4.57 Å². The predicted octanol–water partition coefficient (Wildman–Crippen LogP) is 6.64. The topological polar surface area (TPSA) is 100 Å². The van der Waals surface area contributed by atoms with Gasteiger partial charge in [0.2, 0.25) is 0 Å². The molecule has 0 unspecified atom stereocenters. The van der Waals surface area contributed by atoms with Crippen LogP contribution in [-0.2, 0) is 6.54 Å². The van der Waals surface area contributed by atoms with Gasteiger partial charge in [-0.1, -0.05) is 24.3 Å². The van der Waals surface area contributed by atoms with E-state index in [-0.39, 0.29) is 0 Å². The van der Waals surface area contributed by atoms with E-state index in [1.54, 1.807) is 36.4 Å². The van der Waals surface area contributed by atoms with E-state index in [9.17, 15) is 21.0 Å². The van der Waals surface area contributed by atoms with Crippen molar-refractivity contribution < 1.29 is 0 Å². The average Bonchev–Trinajstić information content (AvgIpc) is 3.24. The summed E-state index contributed by atoms with van der Waals surface area (Å²) in [4.78, 5) is 0. The molecule has 0 atom stereocenters. The van der Waals surface area contributed by atoms with E-state index in [2.05, 4.69) is 60.0 Å². The van der Waals surface area contributed by atoms with Crippen LogP contribution in [0.1, 0.15) is 29.2 Å². The van der Waals surface area contributed by atoms with Crippen molar-refractivity contribution in [2.75, 3.05) is 0 Å². The first-order valence-electron chi connectivity index (χ1n) is 11.1. The van der Waals surface area contributed by atoms with Gasteiger partial charge in [0.1, 0.15) is 0 Å². The Kier molecular flexibility index (Phi) is 5.24. The lowest BCUT2D eigenvalue weighted by atomic mass is 9.98. The number of aryl methyl sites for hydroxylation is 1. The molecule has 0 N–H and O–H groups in total. The Morgan fingerprint density at radius 2 is 0.886 bits per heavy atom. The lowest BCUT2D eigenvalue weighted by molar-refractivity contribution is 0.827. The van der Waals surface area contributed by atoms with E-state index in [1.165, 1.54) is 0 Å². The SMILES string of the molecule is CCn1c2cc(-c3cc(C#N)cc(C#N)c3)ccc2c2ccc(-c3cc(C#N)cc(C#N)c3)cc21. The predicted molar refractivity (Wildman–Crippen MR) is 135 cm³/mol. The first-order chi connectivity index (χ1) is 17.1. The van der Waals surface area contributed by atoms with Crippen LogP contribution in [-0.4, -0.2) is 4.57 Å². The van der Waals surface area contributed by atoms with Gasteiger partial charge in [-0.15, -0.1) is 0 Å². The van der Waals surface area contributed by atoms with Crippen molar-refractivity contribution in [3.8, 4) is 46.5 Å². The van der Waals surface area contributed by atoms with E-state index in [0.717, 1.165) is 50.6 Å².